The van der Waals surface area contributed by atoms with Crippen molar-refractivity contribution in [3.63, 3.8) is 0 Å². The summed E-state index contributed by atoms with van der Waals surface area (Å²) in [6.07, 6.45) is 0. The van der Waals surface area contributed by atoms with Gasteiger partial charge in [-0.05, 0) is 32.0 Å². The number of aromatic nitrogens is 1. The normalized spacial score (nSPS) is 10.0. The van der Waals surface area contributed by atoms with Gasteiger partial charge in [-0.25, -0.2) is 9.18 Å². The van der Waals surface area contributed by atoms with E-state index in [2.05, 4.69) is 4.98 Å². The molecule has 1 aromatic carbocycles. The van der Waals surface area contributed by atoms with Crippen molar-refractivity contribution >= 4 is 5.97 Å². The first kappa shape index (κ1) is 14.5. The fourth-order valence-corrected chi connectivity index (χ4v) is 1.89. The third kappa shape index (κ3) is 2.98. The summed E-state index contributed by atoms with van der Waals surface area (Å²) in [6, 6.07) is 6.66. The summed E-state index contributed by atoms with van der Waals surface area (Å²) in [7, 11) is 0. The highest BCUT2D eigenvalue weighted by molar-refractivity contribution is 5.91. The molecule has 0 bridgehead atoms. The summed E-state index contributed by atoms with van der Waals surface area (Å²) in [5, 5.41) is 18.2. The van der Waals surface area contributed by atoms with Gasteiger partial charge in [0.1, 0.15) is 34.5 Å². The van der Waals surface area contributed by atoms with E-state index in [9.17, 15) is 9.18 Å². The Bertz CT molecular complexity index is 766. The fourth-order valence-electron chi connectivity index (χ4n) is 1.89. The number of hydrogen-bond acceptors (Lipinski definition) is 4. The zero-order valence-corrected chi connectivity index (χ0v) is 11.3. The van der Waals surface area contributed by atoms with Crippen molar-refractivity contribution in [1.29, 1.82) is 5.26 Å². The third-order valence-corrected chi connectivity index (χ3v) is 2.80. The van der Waals surface area contributed by atoms with Crippen LogP contribution in [0.15, 0.2) is 24.3 Å². The molecule has 2 aromatic rings. The number of nitrogens with zero attached hydrogens (tertiary/aromatic N) is 2. The number of carbonyl (C=O) groups is 1. The topological polar surface area (TPSA) is 83.2 Å². The Morgan fingerprint density at radius 2 is 2.05 bits per heavy atom. The van der Waals surface area contributed by atoms with Crippen molar-refractivity contribution in [3.05, 3.63) is 52.6 Å². The number of aryl methyl sites for hydroxylation is 2. The van der Waals surface area contributed by atoms with E-state index in [1.54, 1.807) is 13.8 Å². The average Bonchev–Trinajstić information content (AvgIpc) is 2.40. The molecule has 0 radical (unpaired) electrons. The smallest absolute Gasteiger partial charge is 0.339 e. The lowest BCUT2D eigenvalue weighted by Gasteiger charge is -2.12. The maximum absolute atomic E-state index is 13.1. The molecule has 0 amide bonds. The summed E-state index contributed by atoms with van der Waals surface area (Å²) in [6.45, 7) is 3.38. The predicted octanol–water partition coefficient (Wildman–Crippen LogP) is 3.20. The van der Waals surface area contributed by atoms with Crippen molar-refractivity contribution in [3.8, 4) is 17.6 Å². The number of benzene rings is 1. The van der Waals surface area contributed by atoms with Gasteiger partial charge in [-0.15, -0.1) is 0 Å². The molecule has 21 heavy (non-hydrogen) atoms. The fraction of sp³-hybridized carbons (Fsp3) is 0.133. The number of carboxylic acid groups (broad SMARTS) is 1. The molecule has 1 heterocycles. The zero-order valence-electron chi connectivity index (χ0n) is 11.3. The van der Waals surface area contributed by atoms with Crippen molar-refractivity contribution < 1.29 is 19.0 Å². The number of aromatic carboxylic acids is 1. The van der Waals surface area contributed by atoms with Crippen LogP contribution >= 0.6 is 0 Å². The van der Waals surface area contributed by atoms with Gasteiger partial charge in [0, 0.05) is 11.8 Å². The van der Waals surface area contributed by atoms with Gasteiger partial charge in [-0.3, -0.25) is 4.98 Å². The highest BCUT2D eigenvalue weighted by Crippen LogP contribution is 2.30. The second-order valence-electron chi connectivity index (χ2n) is 4.38. The maximum atomic E-state index is 13.1. The standard InChI is InChI=1S/C15H11FN2O3/c1-8-5-14(12(7-17)9(2)18-8)21-13-4-3-10(16)6-11(13)15(19)20/h3-6H,1-2H3,(H,19,20). The molecule has 5 nitrogen and oxygen atoms in total. The van der Waals surface area contributed by atoms with Gasteiger partial charge in [-0.1, -0.05) is 0 Å². The van der Waals surface area contributed by atoms with Gasteiger partial charge >= 0.3 is 5.97 Å². The first-order chi connectivity index (χ1) is 9.92. The van der Waals surface area contributed by atoms with Gasteiger partial charge in [-0.2, -0.15) is 5.26 Å². The number of hydrogen-bond donors (Lipinski definition) is 1. The van der Waals surface area contributed by atoms with Crippen LogP contribution in [0.4, 0.5) is 4.39 Å². The number of pyridine rings is 1. The van der Waals surface area contributed by atoms with Crippen LogP contribution in [0.2, 0.25) is 0 Å². The lowest BCUT2D eigenvalue weighted by Crippen LogP contribution is -2.03. The minimum atomic E-state index is -1.31. The Morgan fingerprint density at radius 1 is 1.33 bits per heavy atom. The van der Waals surface area contributed by atoms with E-state index in [1.807, 2.05) is 6.07 Å². The van der Waals surface area contributed by atoms with Crippen molar-refractivity contribution in [2.75, 3.05) is 0 Å². The number of carboxylic acids is 1. The molecule has 0 spiro atoms. The Labute approximate surface area is 120 Å². The van der Waals surface area contributed by atoms with Crippen LogP contribution in [0.3, 0.4) is 0 Å². The van der Waals surface area contributed by atoms with Gasteiger partial charge in [0.25, 0.3) is 0 Å². The van der Waals surface area contributed by atoms with Crippen molar-refractivity contribution in [2.24, 2.45) is 0 Å². The number of halogens is 1. The highest BCUT2D eigenvalue weighted by Gasteiger charge is 2.16. The third-order valence-electron chi connectivity index (χ3n) is 2.80. The van der Waals surface area contributed by atoms with Crippen LogP contribution in [0.1, 0.15) is 27.3 Å². The molecule has 1 aromatic heterocycles. The first-order valence-electron chi connectivity index (χ1n) is 6.01. The van der Waals surface area contributed by atoms with Gasteiger partial charge in [0.15, 0.2) is 0 Å². The van der Waals surface area contributed by atoms with E-state index in [0.29, 0.717) is 11.4 Å². The van der Waals surface area contributed by atoms with E-state index in [4.69, 9.17) is 15.1 Å². The summed E-state index contributed by atoms with van der Waals surface area (Å²) in [5.74, 6) is -1.84. The minimum Gasteiger partial charge on any atom is -0.478 e. The zero-order chi connectivity index (χ0) is 15.6. The second-order valence-corrected chi connectivity index (χ2v) is 4.38. The van der Waals surface area contributed by atoms with Crippen molar-refractivity contribution in [2.45, 2.75) is 13.8 Å². The lowest BCUT2D eigenvalue weighted by atomic mass is 10.1. The maximum Gasteiger partial charge on any atom is 0.339 e. The second kappa shape index (κ2) is 5.59. The number of ether oxygens (including phenoxy) is 1. The summed E-state index contributed by atoms with van der Waals surface area (Å²) in [4.78, 5) is 15.3. The first-order valence-corrected chi connectivity index (χ1v) is 6.01. The summed E-state index contributed by atoms with van der Waals surface area (Å²) >= 11 is 0. The van der Waals surface area contributed by atoms with Crippen LogP contribution in [-0.2, 0) is 0 Å². The van der Waals surface area contributed by atoms with Crippen LogP contribution in [-0.4, -0.2) is 16.1 Å². The van der Waals surface area contributed by atoms with E-state index < -0.39 is 11.8 Å². The molecule has 1 N–H and O–H groups in total. The Balaban J connectivity index is 2.53. The van der Waals surface area contributed by atoms with Crippen LogP contribution in [0.25, 0.3) is 0 Å². The van der Waals surface area contributed by atoms with E-state index in [-0.39, 0.29) is 22.6 Å². The molecule has 0 saturated carbocycles. The molecule has 0 unspecified atom stereocenters. The molecule has 2 rings (SSSR count). The van der Waals surface area contributed by atoms with E-state index >= 15 is 0 Å². The molecular weight excluding hydrogens is 275 g/mol. The molecule has 0 aliphatic heterocycles. The van der Waals surface area contributed by atoms with Gasteiger partial charge in [0.05, 0.1) is 5.69 Å². The Hall–Kier alpha value is -2.94. The molecule has 0 aliphatic carbocycles. The molecular formula is C15H11FN2O3. The van der Waals surface area contributed by atoms with E-state index in [0.717, 1.165) is 12.1 Å². The monoisotopic (exact) mass is 286 g/mol. The van der Waals surface area contributed by atoms with Crippen LogP contribution < -0.4 is 4.74 Å². The Kier molecular flexibility index (Phi) is 3.85. The number of rotatable bonds is 3. The summed E-state index contributed by atoms with van der Waals surface area (Å²) in [5.41, 5.74) is 0.999. The SMILES string of the molecule is Cc1cc(Oc2ccc(F)cc2C(=O)O)c(C#N)c(C)n1. The quantitative estimate of drug-likeness (QED) is 0.936. The average molecular weight is 286 g/mol. The molecule has 106 valence electrons. The van der Waals surface area contributed by atoms with E-state index in [1.165, 1.54) is 12.1 Å². The molecule has 0 saturated heterocycles. The molecule has 6 heteroatoms. The van der Waals surface area contributed by atoms with Crippen LogP contribution in [0, 0.1) is 31.0 Å². The highest BCUT2D eigenvalue weighted by atomic mass is 19.1. The summed E-state index contributed by atoms with van der Waals surface area (Å²) < 4.78 is 18.6. The largest absolute Gasteiger partial charge is 0.478 e. The van der Waals surface area contributed by atoms with Crippen molar-refractivity contribution in [1.82, 2.24) is 4.98 Å². The molecule has 0 atom stereocenters. The van der Waals surface area contributed by atoms with Gasteiger partial charge < -0.3 is 9.84 Å². The minimum absolute atomic E-state index is 0.0367. The lowest BCUT2D eigenvalue weighted by molar-refractivity contribution is 0.0693. The molecule has 0 aliphatic rings. The molecule has 0 fully saturated rings. The van der Waals surface area contributed by atoms with Gasteiger partial charge in [0.2, 0.25) is 0 Å². The Morgan fingerprint density at radius 3 is 2.67 bits per heavy atom. The van der Waals surface area contributed by atoms with Crippen LogP contribution in [0.5, 0.6) is 11.5 Å². The predicted molar refractivity (Wildman–Crippen MR) is 71.9 cm³/mol. The number of nitriles is 1.